The van der Waals surface area contributed by atoms with Crippen molar-refractivity contribution in [3.05, 3.63) is 24.0 Å². The number of piperidine rings is 1. The summed E-state index contributed by atoms with van der Waals surface area (Å²) >= 11 is 0. The largest absolute Gasteiger partial charge is 0.450 e. The summed E-state index contributed by atoms with van der Waals surface area (Å²) in [4.78, 5) is 30.0. The van der Waals surface area contributed by atoms with Crippen LogP contribution in [0.5, 0.6) is 0 Å². The number of nitrogens with zero attached hydrogens (tertiary/aromatic N) is 2. The lowest BCUT2D eigenvalue weighted by Crippen LogP contribution is -2.46. The van der Waals surface area contributed by atoms with Gasteiger partial charge in [-0.2, -0.15) is 0 Å². The smallest absolute Gasteiger partial charge is 0.409 e. The molecule has 1 aromatic rings. The molecular formula is C19H30N4O3. The van der Waals surface area contributed by atoms with Crippen molar-refractivity contribution in [2.75, 3.05) is 31.6 Å². The molecule has 0 saturated carbocycles. The lowest BCUT2D eigenvalue weighted by molar-refractivity contribution is 0.0856. The van der Waals surface area contributed by atoms with Gasteiger partial charge < -0.3 is 20.3 Å². The van der Waals surface area contributed by atoms with Gasteiger partial charge in [0.1, 0.15) is 5.69 Å². The summed E-state index contributed by atoms with van der Waals surface area (Å²) in [6.45, 7) is 6.43. The monoisotopic (exact) mass is 362 g/mol. The average molecular weight is 362 g/mol. The molecule has 0 radical (unpaired) electrons. The quantitative estimate of drug-likeness (QED) is 0.695. The van der Waals surface area contributed by atoms with E-state index in [4.69, 9.17) is 4.74 Å². The number of rotatable bonds is 8. The van der Waals surface area contributed by atoms with E-state index in [0.29, 0.717) is 25.4 Å². The van der Waals surface area contributed by atoms with Gasteiger partial charge in [-0.3, -0.25) is 9.78 Å². The molecular weight excluding hydrogens is 332 g/mol. The van der Waals surface area contributed by atoms with E-state index in [1.54, 1.807) is 24.1 Å². The van der Waals surface area contributed by atoms with Crippen LogP contribution in [0.1, 0.15) is 56.4 Å². The fourth-order valence-corrected chi connectivity index (χ4v) is 2.95. The molecule has 0 atom stereocenters. The molecule has 1 aromatic heterocycles. The second-order valence-corrected chi connectivity index (χ2v) is 6.50. The average Bonchev–Trinajstić information content (AvgIpc) is 2.66. The Morgan fingerprint density at radius 3 is 2.73 bits per heavy atom. The zero-order valence-corrected chi connectivity index (χ0v) is 15.8. The first-order valence-electron chi connectivity index (χ1n) is 9.56. The first-order valence-corrected chi connectivity index (χ1v) is 9.56. The maximum absolute atomic E-state index is 12.5. The van der Waals surface area contributed by atoms with Crippen LogP contribution in [-0.2, 0) is 4.74 Å². The highest BCUT2D eigenvalue weighted by Crippen LogP contribution is 2.13. The maximum Gasteiger partial charge on any atom is 0.409 e. The normalized spacial score (nSPS) is 14.8. The molecule has 1 saturated heterocycles. The van der Waals surface area contributed by atoms with E-state index in [9.17, 15) is 9.59 Å². The van der Waals surface area contributed by atoms with Crippen LogP contribution in [-0.4, -0.2) is 54.2 Å². The summed E-state index contributed by atoms with van der Waals surface area (Å²) in [5, 5.41) is 6.35. The van der Waals surface area contributed by atoms with E-state index in [-0.39, 0.29) is 18.0 Å². The number of hydrogen-bond acceptors (Lipinski definition) is 5. The predicted octanol–water partition coefficient (Wildman–Crippen LogP) is 3.03. The number of unbranched alkanes of at least 4 members (excludes halogenated alkanes) is 2. The number of anilines is 1. The lowest BCUT2D eigenvalue weighted by atomic mass is 10.1. The van der Waals surface area contributed by atoms with E-state index in [0.717, 1.165) is 31.5 Å². The molecule has 0 aromatic carbocycles. The van der Waals surface area contributed by atoms with Crippen LogP contribution in [0.4, 0.5) is 10.5 Å². The number of ether oxygens (including phenoxy) is 1. The minimum Gasteiger partial charge on any atom is -0.450 e. The Hall–Kier alpha value is -2.31. The van der Waals surface area contributed by atoms with Gasteiger partial charge in [0.25, 0.3) is 5.91 Å². The predicted molar refractivity (Wildman–Crippen MR) is 101 cm³/mol. The molecule has 0 bridgehead atoms. The summed E-state index contributed by atoms with van der Waals surface area (Å²) in [5.41, 5.74) is 1.33. The summed E-state index contributed by atoms with van der Waals surface area (Å²) in [5.74, 6) is -0.170. The molecule has 2 rings (SSSR count). The Morgan fingerprint density at radius 2 is 2.04 bits per heavy atom. The van der Waals surface area contributed by atoms with Crippen LogP contribution in [0.3, 0.4) is 0 Å². The fraction of sp³-hybridized carbons (Fsp3) is 0.632. The van der Waals surface area contributed by atoms with Crippen LogP contribution >= 0.6 is 0 Å². The number of amides is 2. The molecule has 2 N–H and O–H groups in total. The molecule has 7 heteroatoms. The third-order valence-corrected chi connectivity index (χ3v) is 4.46. The molecule has 1 aliphatic heterocycles. The van der Waals surface area contributed by atoms with E-state index in [1.807, 2.05) is 6.07 Å². The first-order chi connectivity index (χ1) is 12.6. The minimum absolute atomic E-state index is 0.0520. The summed E-state index contributed by atoms with van der Waals surface area (Å²) in [6.07, 6.45) is 6.30. The summed E-state index contributed by atoms with van der Waals surface area (Å²) < 4.78 is 5.01. The van der Waals surface area contributed by atoms with E-state index in [1.165, 1.54) is 12.8 Å². The van der Waals surface area contributed by atoms with Crippen molar-refractivity contribution in [1.29, 1.82) is 0 Å². The van der Waals surface area contributed by atoms with Gasteiger partial charge in [0, 0.05) is 37.6 Å². The number of carbonyl (C=O) groups excluding carboxylic acids is 2. The van der Waals surface area contributed by atoms with Gasteiger partial charge >= 0.3 is 6.09 Å². The second-order valence-electron chi connectivity index (χ2n) is 6.50. The summed E-state index contributed by atoms with van der Waals surface area (Å²) in [6, 6.07) is 3.71. The third-order valence-electron chi connectivity index (χ3n) is 4.46. The van der Waals surface area contributed by atoms with Crippen molar-refractivity contribution in [2.45, 2.75) is 52.0 Å². The molecule has 7 nitrogen and oxygen atoms in total. The fourth-order valence-electron chi connectivity index (χ4n) is 2.95. The number of pyridine rings is 1. The van der Waals surface area contributed by atoms with Crippen molar-refractivity contribution >= 4 is 17.7 Å². The van der Waals surface area contributed by atoms with Crippen LogP contribution in [0.2, 0.25) is 0 Å². The van der Waals surface area contributed by atoms with Crippen LogP contribution in [0.25, 0.3) is 0 Å². The number of carbonyl (C=O) groups is 2. The Balaban J connectivity index is 1.80. The van der Waals surface area contributed by atoms with Crippen LogP contribution < -0.4 is 10.6 Å². The standard InChI is InChI=1S/C19H30N4O3/c1-3-5-6-10-20-16-7-11-21-17(14-16)18(24)22-15-8-12-23(13-9-15)19(25)26-4-2/h7,11,14-15H,3-6,8-10,12-13H2,1-2H3,(H,20,21)(H,22,24). The topological polar surface area (TPSA) is 83.6 Å². The highest BCUT2D eigenvalue weighted by Gasteiger charge is 2.25. The zero-order chi connectivity index (χ0) is 18.8. The van der Waals surface area contributed by atoms with Crippen LogP contribution in [0, 0.1) is 0 Å². The van der Waals surface area contributed by atoms with Gasteiger partial charge in [-0.1, -0.05) is 19.8 Å². The SMILES string of the molecule is CCCCCNc1ccnc(C(=O)NC2CCN(C(=O)OCC)CC2)c1. The number of hydrogen-bond donors (Lipinski definition) is 2. The molecule has 0 spiro atoms. The zero-order valence-electron chi connectivity index (χ0n) is 15.8. The van der Waals surface area contributed by atoms with Gasteiger partial charge in [-0.05, 0) is 38.3 Å². The molecule has 26 heavy (non-hydrogen) atoms. The maximum atomic E-state index is 12.5. The summed E-state index contributed by atoms with van der Waals surface area (Å²) in [7, 11) is 0. The number of aromatic nitrogens is 1. The van der Waals surface area contributed by atoms with Gasteiger partial charge in [0.05, 0.1) is 6.61 Å². The van der Waals surface area contributed by atoms with Gasteiger partial charge in [0.15, 0.2) is 0 Å². The number of likely N-dealkylation sites (tertiary alicyclic amines) is 1. The molecule has 1 aliphatic rings. The first kappa shape index (κ1) is 20.0. The van der Waals surface area contributed by atoms with Crippen molar-refractivity contribution < 1.29 is 14.3 Å². The highest BCUT2D eigenvalue weighted by atomic mass is 16.6. The molecule has 2 heterocycles. The Bertz CT molecular complexity index is 586. The third kappa shape index (κ3) is 6.20. The van der Waals surface area contributed by atoms with E-state index in [2.05, 4.69) is 22.5 Å². The van der Waals surface area contributed by atoms with Gasteiger partial charge in [-0.15, -0.1) is 0 Å². The van der Waals surface area contributed by atoms with Crippen molar-refractivity contribution in [3.63, 3.8) is 0 Å². The molecule has 0 unspecified atom stereocenters. The van der Waals surface area contributed by atoms with Crippen molar-refractivity contribution in [3.8, 4) is 0 Å². The van der Waals surface area contributed by atoms with Crippen molar-refractivity contribution in [1.82, 2.24) is 15.2 Å². The lowest BCUT2D eigenvalue weighted by Gasteiger charge is -2.31. The highest BCUT2D eigenvalue weighted by molar-refractivity contribution is 5.93. The molecule has 2 amide bonds. The second kappa shape index (κ2) is 10.6. The van der Waals surface area contributed by atoms with Gasteiger partial charge in [0.2, 0.25) is 0 Å². The molecule has 144 valence electrons. The Kier molecular flexibility index (Phi) is 8.18. The number of nitrogens with one attached hydrogen (secondary N) is 2. The molecule has 1 fully saturated rings. The van der Waals surface area contributed by atoms with Crippen molar-refractivity contribution in [2.24, 2.45) is 0 Å². The van der Waals surface area contributed by atoms with E-state index < -0.39 is 0 Å². The van der Waals surface area contributed by atoms with Crippen LogP contribution in [0.15, 0.2) is 18.3 Å². The molecule has 0 aliphatic carbocycles. The Morgan fingerprint density at radius 1 is 1.27 bits per heavy atom. The Labute approximate surface area is 155 Å². The van der Waals surface area contributed by atoms with E-state index >= 15 is 0 Å². The van der Waals surface area contributed by atoms with Gasteiger partial charge in [-0.25, -0.2) is 4.79 Å². The minimum atomic E-state index is -0.277.